The standard InChI is InChI=1S/C11H13BrN4OS/c1-15(5-8-4-9(12)18-7-8)11(17)6-16-3-2-10(13)14-16/h2-4,7H,5-6H2,1H3,(H2,13,14). The maximum atomic E-state index is 11.9. The summed E-state index contributed by atoms with van der Waals surface area (Å²) in [5.74, 6) is 0.424. The van der Waals surface area contributed by atoms with Gasteiger partial charge in [0, 0.05) is 19.8 Å². The van der Waals surface area contributed by atoms with Gasteiger partial charge in [-0.25, -0.2) is 0 Å². The molecule has 0 aliphatic heterocycles. The highest BCUT2D eigenvalue weighted by atomic mass is 79.9. The second kappa shape index (κ2) is 5.53. The summed E-state index contributed by atoms with van der Waals surface area (Å²) in [4.78, 5) is 13.6. The van der Waals surface area contributed by atoms with Gasteiger partial charge in [0.2, 0.25) is 5.91 Å². The summed E-state index contributed by atoms with van der Waals surface area (Å²) in [6.07, 6.45) is 1.70. The summed E-state index contributed by atoms with van der Waals surface area (Å²) in [5, 5.41) is 6.01. The summed E-state index contributed by atoms with van der Waals surface area (Å²) in [7, 11) is 1.78. The molecular weight excluding hydrogens is 316 g/mol. The molecule has 96 valence electrons. The highest BCUT2D eigenvalue weighted by molar-refractivity contribution is 9.11. The minimum Gasteiger partial charge on any atom is -0.382 e. The van der Waals surface area contributed by atoms with Gasteiger partial charge in [-0.3, -0.25) is 9.48 Å². The molecule has 0 fully saturated rings. The van der Waals surface area contributed by atoms with E-state index in [0.29, 0.717) is 12.4 Å². The smallest absolute Gasteiger partial charge is 0.244 e. The third-order valence-electron chi connectivity index (χ3n) is 2.43. The first-order valence-electron chi connectivity index (χ1n) is 5.30. The van der Waals surface area contributed by atoms with Crippen molar-refractivity contribution in [2.45, 2.75) is 13.1 Å². The lowest BCUT2D eigenvalue weighted by Crippen LogP contribution is -2.29. The number of nitrogen functional groups attached to an aromatic ring is 1. The topological polar surface area (TPSA) is 64.2 Å². The third kappa shape index (κ3) is 3.33. The highest BCUT2D eigenvalue weighted by Crippen LogP contribution is 2.21. The first kappa shape index (κ1) is 13.1. The Morgan fingerprint density at radius 2 is 2.44 bits per heavy atom. The molecule has 0 aliphatic carbocycles. The number of anilines is 1. The molecule has 2 heterocycles. The van der Waals surface area contributed by atoms with Crippen LogP contribution < -0.4 is 5.73 Å². The average Bonchev–Trinajstić information content (AvgIpc) is 2.88. The average molecular weight is 329 g/mol. The van der Waals surface area contributed by atoms with Crippen LogP contribution in [0.3, 0.4) is 0 Å². The molecule has 2 N–H and O–H groups in total. The number of hydrogen-bond donors (Lipinski definition) is 1. The number of hydrogen-bond acceptors (Lipinski definition) is 4. The fourth-order valence-electron chi connectivity index (χ4n) is 1.52. The molecule has 2 rings (SSSR count). The van der Waals surface area contributed by atoms with Gasteiger partial charge in [0.15, 0.2) is 0 Å². The van der Waals surface area contributed by atoms with E-state index >= 15 is 0 Å². The second-order valence-electron chi connectivity index (χ2n) is 3.95. The van der Waals surface area contributed by atoms with E-state index in [1.54, 1.807) is 35.5 Å². The largest absolute Gasteiger partial charge is 0.382 e. The first-order valence-corrected chi connectivity index (χ1v) is 6.97. The number of carbonyl (C=O) groups is 1. The van der Waals surface area contributed by atoms with E-state index in [0.717, 1.165) is 9.35 Å². The third-order valence-corrected chi connectivity index (χ3v) is 3.98. The molecule has 7 heteroatoms. The Kier molecular flexibility index (Phi) is 4.03. The highest BCUT2D eigenvalue weighted by Gasteiger charge is 2.11. The molecule has 0 saturated heterocycles. The maximum Gasteiger partial charge on any atom is 0.244 e. The summed E-state index contributed by atoms with van der Waals surface area (Å²) in [5.41, 5.74) is 6.61. The normalized spacial score (nSPS) is 10.6. The van der Waals surface area contributed by atoms with Gasteiger partial charge in [0.05, 0.1) is 3.79 Å². The minimum absolute atomic E-state index is 0.000391. The Morgan fingerprint density at radius 1 is 1.67 bits per heavy atom. The van der Waals surface area contributed by atoms with Gasteiger partial charge in [-0.05, 0) is 39.0 Å². The Labute approximate surface area is 117 Å². The van der Waals surface area contributed by atoms with Crippen molar-refractivity contribution in [1.29, 1.82) is 0 Å². The Hall–Kier alpha value is -1.34. The molecule has 0 spiro atoms. The minimum atomic E-state index is 0.000391. The number of aromatic nitrogens is 2. The molecule has 5 nitrogen and oxygen atoms in total. The molecule has 1 amide bonds. The van der Waals surface area contributed by atoms with E-state index in [1.165, 1.54) is 4.68 Å². The van der Waals surface area contributed by atoms with Crippen LogP contribution in [-0.4, -0.2) is 27.6 Å². The van der Waals surface area contributed by atoms with Gasteiger partial charge in [-0.2, -0.15) is 5.10 Å². The first-order chi connectivity index (χ1) is 8.54. The number of amides is 1. The van der Waals surface area contributed by atoms with Crippen LogP contribution in [0.25, 0.3) is 0 Å². The van der Waals surface area contributed by atoms with Crippen molar-refractivity contribution >= 4 is 39.0 Å². The number of halogens is 1. The molecule has 0 unspecified atom stereocenters. The lowest BCUT2D eigenvalue weighted by Gasteiger charge is -2.16. The predicted octanol–water partition coefficient (Wildman–Crippen LogP) is 1.95. The van der Waals surface area contributed by atoms with Crippen molar-refractivity contribution in [2.24, 2.45) is 0 Å². The fraction of sp³-hybridized carbons (Fsp3) is 0.273. The van der Waals surface area contributed by atoms with Crippen LogP contribution in [-0.2, 0) is 17.9 Å². The number of nitrogens with zero attached hydrogens (tertiary/aromatic N) is 3. The molecule has 0 saturated carbocycles. The van der Waals surface area contributed by atoms with Crippen molar-refractivity contribution in [3.05, 3.63) is 33.1 Å². The summed E-state index contributed by atoms with van der Waals surface area (Å²) < 4.78 is 2.61. The lowest BCUT2D eigenvalue weighted by molar-refractivity contribution is -0.131. The van der Waals surface area contributed by atoms with Gasteiger partial charge in [-0.1, -0.05) is 0 Å². The number of likely N-dealkylation sites (N-methyl/N-ethyl adjacent to an activating group) is 1. The van der Waals surface area contributed by atoms with E-state index in [9.17, 15) is 4.79 Å². The SMILES string of the molecule is CN(Cc1csc(Br)c1)C(=O)Cn1ccc(N)n1. The van der Waals surface area contributed by atoms with Crippen LogP contribution in [0.1, 0.15) is 5.56 Å². The number of nitrogens with two attached hydrogens (primary N) is 1. The van der Waals surface area contributed by atoms with Crippen LogP contribution in [0.5, 0.6) is 0 Å². The van der Waals surface area contributed by atoms with E-state index in [2.05, 4.69) is 21.0 Å². The van der Waals surface area contributed by atoms with E-state index in [1.807, 2.05) is 11.4 Å². The van der Waals surface area contributed by atoms with Gasteiger partial charge in [0.1, 0.15) is 12.4 Å². The monoisotopic (exact) mass is 328 g/mol. The van der Waals surface area contributed by atoms with E-state index < -0.39 is 0 Å². The zero-order chi connectivity index (χ0) is 13.1. The molecule has 0 bridgehead atoms. The lowest BCUT2D eigenvalue weighted by atomic mass is 10.3. The van der Waals surface area contributed by atoms with Crippen molar-refractivity contribution in [3.63, 3.8) is 0 Å². The van der Waals surface area contributed by atoms with Crippen molar-refractivity contribution < 1.29 is 4.79 Å². The Morgan fingerprint density at radius 3 is 3.00 bits per heavy atom. The van der Waals surface area contributed by atoms with Crippen LogP contribution in [0.4, 0.5) is 5.82 Å². The van der Waals surface area contributed by atoms with Crippen molar-refractivity contribution in [2.75, 3.05) is 12.8 Å². The van der Waals surface area contributed by atoms with Gasteiger partial charge in [0.25, 0.3) is 0 Å². The molecule has 2 aromatic rings. The van der Waals surface area contributed by atoms with Crippen LogP contribution in [0, 0.1) is 0 Å². The van der Waals surface area contributed by atoms with E-state index in [4.69, 9.17) is 5.73 Å². The Bertz CT molecular complexity index is 551. The number of carbonyl (C=O) groups excluding carboxylic acids is 1. The molecule has 0 radical (unpaired) electrons. The Balaban J connectivity index is 1.92. The second-order valence-corrected chi connectivity index (χ2v) is 6.24. The van der Waals surface area contributed by atoms with Gasteiger partial charge >= 0.3 is 0 Å². The number of rotatable bonds is 4. The zero-order valence-electron chi connectivity index (χ0n) is 9.84. The quantitative estimate of drug-likeness (QED) is 0.932. The molecule has 0 atom stereocenters. The molecule has 0 aromatic carbocycles. The summed E-state index contributed by atoms with van der Waals surface area (Å²) in [6.45, 7) is 0.802. The van der Waals surface area contributed by atoms with Crippen LogP contribution in [0.15, 0.2) is 27.5 Å². The molecular formula is C11H13BrN4OS. The van der Waals surface area contributed by atoms with Crippen molar-refractivity contribution in [1.82, 2.24) is 14.7 Å². The zero-order valence-corrected chi connectivity index (χ0v) is 12.2. The maximum absolute atomic E-state index is 11.9. The van der Waals surface area contributed by atoms with Crippen LogP contribution in [0.2, 0.25) is 0 Å². The molecule has 0 aliphatic rings. The van der Waals surface area contributed by atoms with E-state index in [-0.39, 0.29) is 12.5 Å². The molecule has 2 aromatic heterocycles. The van der Waals surface area contributed by atoms with Gasteiger partial charge < -0.3 is 10.6 Å². The predicted molar refractivity (Wildman–Crippen MR) is 75.1 cm³/mol. The summed E-state index contributed by atoms with van der Waals surface area (Å²) >= 11 is 5.01. The van der Waals surface area contributed by atoms with Gasteiger partial charge in [-0.15, -0.1) is 11.3 Å². The molecule has 18 heavy (non-hydrogen) atoms. The van der Waals surface area contributed by atoms with Crippen molar-refractivity contribution in [3.8, 4) is 0 Å². The number of thiophene rings is 1. The fourth-order valence-corrected chi connectivity index (χ4v) is 2.72. The van der Waals surface area contributed by atoms with Crippen LogP contribution >= 0.6 is 27.3 Å². The summed E-state index contributed by atoms with van der Waals surface area (Å²) in [6, 6.07) is 3.68.